The number of ether oxygens (including phenoxy) is 4. The molecule has 0 atom stereocenters. The van der Waals surface area contributed by atoms with E-state index in [0.717, 1.165) is 12.8 Å². The zero-order chi connectivity index (χ0) is 25.2. The maximum atomic E-state index is 11.7. The fourth-order valence-electron chi connectivity index (χ4n) is 3.40. The fraction of sp³-hybridized carbons (Fsp3) is 0.893. The van der Waals surface area contributed by atoms with Crippen LogP contribution in [0.1, 0.15) is 111 Å². The van der Waals surface area contributed by atoms with Gasteiger partial charge in [-0.25, -0.2) is 0 Å². The topological polar surface area (TPSA) is 80.0 Å². The molecule has 0 aliphatic rings. The highest BCUT2D eigenvalue weighted by atomic mass is 79.9. The Bertz CT molecular complexity index is 469. The van der Waals surface area contributed by atoms with Crippen molar-refractivity contribution in [1.29, 1.82) is 0 Å². The number of carbonyl (C=O) groups excluding carboxylic acids is 1. The van der Waals surface area contributed by atoms with Crippen molar-refractivity contribution in [1.82, 2.24) is 0 Å². The molecule has 35 heavy (non-hydrogen) atoms. The summed E-state index contributed by atoms with van der Waals surface area (Å²) in [7, 11) is 0. The fourth-order valence-corrected chi connectivity index (χ4v) is 3.40. The van der Waals surface area contributed by atoms with Crippen LogP contribution in [0.4, 0.5) is 0 Å². The normalized spacial score (nSPS) is 11.7. The van der Waals surface area contributed by atoms with Gasteiger partial charge >= 0.3 is 5.97 Å². The summed E-state index contributed by atoms with van der Waals surface area (Å²) in [5.41, 5.74) is 5.51. The van der Waals surface area contributed by atoms with Gasteiger partial charge in [-0.2, -0.15) is 0 Å². The van der Waals surface area contributed by atoms with E-state index in [0.29, 0.717) is 52.7 Å². The van der Waals surface area contributed by atoms with Gasteiger partial charge in [-0.1, -0.05) is 70.4 Å². The molecule has 0 aliphatic carbocycles. The van der Waals surface area contributed by atoms with Crippen LogP contribution < -0.4 is 5.73 Å². The van der Waals surface area contributed by atoms with Gasteiger partial charge in [-0.05, 0) is 46.0 Å². The maximum Gasteiger partial charge on any atom is 0.305 e. The third-order valence-electron chi connectivity index (χ3n) is 5.35. The van der Waals surface area contributed by atoms with E-state index in [4.69, 9.17) is 24.7 Å². The lowest BCUT2D eigenvalue weighted by Gasteiger charge is -2.18. The SMILES string of the molecule is Br.CCCCCCCCC=CCCCCCCCC(=O)OCCOCCOCCOCC(C)(C)N. The van der Waals surface area contributed by atoms with E-state index in [1.54, 1.807) is 0 Å². The first-order valence-electron chi connectivity index (χ1n) is 13.8. The highest BCUT2D eigenvalue weighted by molar-refractivity contribution is 8.93. The van der Waals surface area contributed by atoms with E-state index in [1.165, 1.54) is 70.6 Å². The van der Waals surface area contributed by atoms with E-state index in [-0.39, 0.29) is 28.5 Å². The largest absolute Gasteiger partial charge is 0.463 e. The van der Waals surface area contributed by atoms with E-state index in [2.05, 4.69) is 19.1 Å². The van der Waals surface area contributed by atoms with Crippen molar-refractivity contribution in [3.8, 4) is 0 Å². The van der Waals surface area contributed by atoms with Crippen molar-refractivity contribution in [2.24, 2.45) is 5.73 Å². The molecule has 7 heteroatoms. The number of hydrogen-bond acceptors (Lipinski definition) is 6. The Morgan fingerprint density at radius 3 is 1.69 bits per heavy atom. The number of rotatable bonds is 26. The van der Waals surface area contributed by atoms with Crippen LogP contribution in [0.3, 0.4) is 0 Å². The lowest BCUT2D eigenvalue weighted by Crippen LogP contribution is -2.37. The van der Waals surface area contributed by atoms with E-state index in [1.807, 2.05) is 13.8 Å². The van der Waals surface area contributed by atoms with Gasteiger partial charge in [-0.3, -0.25) is 4.79 Å². The molecule has 0 fully saturated rings. The molecule has 0 aromatic rings. The van der Waals surface area contributed by atoms with Crippen LogP contribution >= 0.6 is 17.0 Å². The number of carbonyl (C=O) groups is 1. The Labute approximate surface area is 226 Å². The molecular weight excluding hydrogens is 510 g/mol. The van der Waals surface area contributed by atoms with Gasteiger partial charge in [0.1, 0.15) is 6.61 Å². The van der Waals surface area contributed by atoms with Crippen LogP contribution in [-0.4, -0.2) is 57.8 Å². The zero-order valence-electron chi connectivity index (χ0n) is 23.0. The zero-order valence-corrected chi connectivity index (χ0v) is 24.7. The van der Waals surface area contributed by atoms with Gasteiger partial charge in [0, 0.05) is 12.0 Å². The quantitative estimate of drug-likeness (QED) is 0.0695. The van der Waals surface area contributed by atoms with Crippen molar-refractivity contribution in [2.45, 2.75) is 116 Å². The van der Waals surface area contributed by atoms with Crippen LogP contribution in [0.25, 0.3) is 0 Å². The second-order valence-electron chi connectivity index (χ2n) is 9.82. The van der Waals surface area contributed by atoms with Crippen molar-refractivity contribution in [3.63, 3.8) is 0 Å². The molecule has 0 aromatic carbocycles. The highest BCUT2D eigenvalue weighted by Gasteiger charge is 2.09. The molecule has 0 unspecified atom stereocenters. The molecule has 0 bridgehead atoms. The van der Waals surface area contributed by atoms with E-state index in [9.17, 15) is 4.79 Å². The molecule has 210 valence electrons. The Morgan fingerprint density at radius 2 is 1.14 bits per heavy atom. The third-order valence-corrected chi connectivity index (χ3v) is 5.35. The van der Waals surface area contributed by atoms with Crippen molar-refractivity contribution >= 4 is 23.0 Å². The summed E-state index contributed by atoms with van der Waals surface area (Å²) in [6.45, 7) is 9.35. The van der Waals surface area contributed by atoms with Crippen LogP contribution in [0.15, 0.2) is 12.2 Å². The van der Waals surface area contributed by atoms with Crippen LogP contribution in [0, 0.1) is 0 Å². The van der Waals surface area contributed by atoms with Crippen LogP contribution in [0.2, 0.25) is 0 Å². The van der Waals surface area contributed by atoms with Crippen molar-refractivity contribution < 1.29 is 23.7 Å². The molecule has 0 aromatic heterocycles. The Kier molecular flexibility index (Phi) is 29.5. The van der Waals surface area contributed by atoms with E-state index >= 15 is 0 Å². The Hall–Kier alpha value is -0.470. The predicted octanol–water partition coefficient (Wildman–Crippen LogP) is 6.93. The van der Waals surface area contributed by atoms with Gasteiger partial charge < -0.3 is 24.7 Å². The number of halogens is 1. The minimum atomic E-state index is -0.315. The molecule has 0 aliphatic heterocycles. The Balaban J connectivity index is 0. The lowest BCUT2D eigenvalue weighted by molar-refractivity contribution is -0.145. The summed E-state index contributed by atoms with van der Waals surface area (Å²) < 4.78 is 21.4. The standard InChI is InChI=1S/C28H55NO5.BrH/c1-4-5-6-7-8-9-10-11-12-13-14-15-16-17-18-19-27(30)34-25-24-32-21-20-31-22-23-33-26-28(2,3)29;/h11-12H,4-10,13-26,29H2,1-3H3;1H. The first-order chi connectivity index (χ1) is 16.5. The average molecular weight is 567 g/mol. The summed E-state index contributed by atoms with van der Waals surface area (Å²) in [5.74, 6) is -0.127. The van der Waals surface area contributed by atoms with Crippen LogP contribution in [0.5, 0.6) is 0 Å². The van der Waals surface area contributed by atoms with Gasteiger partial charge in [-0.15, -0.1) is 17.0 Å². The number of esters is 1. The monoisotopic (exact) mass is 565 g/mol. The molecule has 0 radical (unpaired) electrons. The van der Waals surface area contributed by atoms with Gasteiger partial charge in [0.05, 0.1) is 39.6 Å². The first-order valence-corrected chi connectivity index (χ1v) is 13.8. The third kappa shape index (κ3) is 33.5. The van der Waals surface area contributed by atoms with Crippen LogP contribution in [-0.2, 0) is 23.7 Å². The summed E-state index contributed by atoms with van der Waals surface area (Å²) in [6.07, 6.45) is 21.5. The number of nitrogens with two attached hydrogens (primary N) is 1. The Morgan fingerprint density at radius 1 is 0.686 bits per heavy atom. The smallest absolute Gasteiger partial charge is 0.305 e. The average Bonchev–Trinajstić information content (AvgIpc) is 2.79. The number of unbranched alkanes of at least 4 members (excludes halogenated alkanes) is 11. The molecule has 0 saturated heterocycles. The second kappa shape index (κ2) is 28.1. The van der Waals surface area contributed by atoms with Gasteiger partial charge in [0.15, 0.2) is 0 Å². The molecule has 0 amide bonds. The molecule has 0 heterocycles. The van der Waals surface area contributed by atoms with E-state index < -0.39 is 0 Å². The predicted molar refractivity (Wildman–Crippen MR) is 151 cm³/mol. The second-order valence-corrected chi connectivity index (χ2v) is 9.82. The molecule has 6 nitrogen and oxygen atoms in total. The highest BCUT2D eigenvalue weighted by Crippen LogP contribution is 2.10. The molecular formula is C28H56BrNO5. The first kappa shape index (κ1) is 36.7. The minimum Gasteiger partial charge on any atom is -0.463 e. The summed E-state index contributed by atoms with van der Waals surface area (Å²) >= 11 is 0. The molecule has 0 spiro atoms. The molecule has 0 saturated carbocycles. The van der Waals surface area contributed by atoms with Crippen molar-refractivity contribution in [3.05, 3.63) is 12.2 Å². The number of allylic oxidation sites excluding steroid dienone is 2. The minimum absolute atomic E-state index is 0. The molecule has 0 rings (SSSR count). The van der Waals surface area contributed by atoms with Gasteiger partial charge in [0.2, 0.25) is 0 Å². The summed E-state index contributed by atoms with van der Waals surface area (Å²) in [4.78, 5) is 11.7. The maximum absolute atomic E-state index is 11.7. The van der Waals surface area contributed by atoms with Gasteiger partial charge in [0.25, 0.3) is 0 Å². The van der Waals surface area contributed by atoms with Crippen molar-refractivity contribution in [2.75, 3.05) is 46.2 Å². The molecule has 2 N–H and O–H groups in total. The summed E-state index contributed by atoms with van der Waals surface area (Å²) in [5, 5.41) is 0. The summed E-state index contributed by atoms with van der Waals surface area (Å²) in [6, 6.07) is 0. The number of hydrogen-bond donors (Lipinski definition) is 1. The lowest BCUT2D eigenvalue weighted by atomic mass is 10.1.